The summed E-state index contributed by atoms with van der Waals surface area (Å²) in [5.41, 5.74) is 1.13. The van der Waals surface area contributed by atoms with E-state index in [-0.39, 0.29) is 0 Å². The highest BCUT2D eigenvalue weighted by Gasteiger charge is 2.15. The Labute approximate surface area is 107 Å². The van der Waals surface area contributed by atoms with Gasteiger partial charge in [0.1, 0.15) is 11.6 Å². The molecular formula is C14H19N3O. The minimum Gasteiger partial charge on any atom is -0.495 e. The number of hydrogen-bond donors (Lipinski definition) is 1. The number of ether oxygens (including phenoxy) is 1. The third-order valence-electron chi connectivity index (χ3n) is 3.65. The lowest BCUT2D eigenvalue weighted by molar-refractivity contribution is 0.392. The van der Waals surface area contributed by atoms with Crippen LogP contribution in [0.1, 0.15) is 25.1 Å². The molecule has 2 aromatic rings. The predicted octanol–water partition coefficient (Wildman–Crippen LogP) is 2.03. The van der Waals surface area contributed by atoms with Crippen molar-refractivity contribution >= 4 is 5.52 Å². The number of imidazole rings is 1. The van der Waals surface area contributed by atoms with Gasteiger partial charge in [-0.2, -0.15) is 0 Å². The molecule has 3 rings (SSSR count). The Morgan fingerprint density at radius 3 is 3.17 bits per heavy atom. The average molecular weight is 245 g/mol. The summed E-state index contributed by atoms with van der Waals surface area (Å²) in [4.78, 5) is 4.53. The van der Waals surface area contributed by atoms with E-state index in [1.807, 2.05) is 24.5 Å². The molecule has 0 aromatic carbocycles. The standard InChI is InChI=1S/C14H19N3O/c1-18-13-6-5-12-9-16-14(17(12)10-13)8-11-4-2-3-7-15-11/h5-6,9-11,15H,2-4,7-8H2,1H3. The maximum absolute atomic E-state index is 5.27. The molecule has 0 saturated carbocycles. The van der Waals surface area contributed by atoms with Crippen LogP contribution in [0.5, 0.6) is 5.75 Å². The zero-order chi connectivity index (χ0) is 12.4. The van der Waals surface area contributed by atoms with Crippen LogP contribution < -0.4 is 10.1 Å². The molecule has 0 spiro atoms. The highest BCUT2D eigenvalue weighted by Crippen LogP contribution is 2.17. The molecule has 3 heterocycles. The van der Waals surface area contributed by atoms with Crippen LogP contribution in [0.25, 0.3) is 5.52 Å². The van der Waals surface area contributed by atoms with Crippen LogP contribution in [0.3, 0.4) is 0 Å². The number of hydrogen-bond acceptors (Lipinski definition) is 3. The Balaban J connectivity index is 1.86. The molecule has 4 nitrogen and oxygen atoms in total. The van der Waals surface area contributed by atoms with Gasteiger partial charge in [-0.3, -0.25) is 4.40 Å². The quantitative estimate of drug-likeness (QED) is 0.899. The van der Waals surface area contributed by atoms with E-state index in [9.17, 15) is 0 Å². The van der Waals surface area contributed by atoms with Crippen LogP contribution >= 0.6 is 0 Å². The number of rotatable bonds is 3. The van der Waals surface area contributed by atoms with Crippen molar-refractivity contribution in [3.05, 3.63) is 30.4 Å². The molecular weight excluding hydrogens is 226 g/mol. The van der Waals surface area contributed by atoms with Gasteiger partial charge in [-0.15, -0.1) is 0 Å². The Bertz CT molecular complexity index is 529. The number of nitrogens with one attached hydrogen (secondary N) is 1. The first-order valence-electron chi connectivity index (χ1n) is 6.60. The minimum atomic E-state index is 0.565. The molecule has 1 fully saturated rings. The van der Waals surface area contributed by atoms with Gasteiger partial charge in [0.15, 0.2) is 0 Å². The SMILES string of the molecule is COc1ccc2cnc(CC3CCCCN3)n2c1. The highest BCUT2D eigenvalue weighted by atomic mass is 16.5. The fourth-order valence-electron chi connectivity index (χ4n) is 2.61. The number of fused-ring (bicyclic) bond motifs is 1. The molecule has 18 heavy (non-hydrogen) atoms. The second-order valence-corrected chi connectivity index (χ2v) is 4.89. The molecule has 1 aliphatic rings. The maximum Gasteiger partial charge on any atom is 0.135 e. The van der Waals surface area contributed by atoms with Crippen molar-refractivity contribution in [2.45, 2.75) is 31.7 Å². The third kappa shape index (κ3) is 2.20. The van der Waals surface area contributed by atoms with Crippen LogP contribution in [-0.4, -0.2) is 29.1 Å². The molecule has 0 amide bonds. The molecule has 1 saturated heterocycles. The summed E-state index contributed by atoms with van der Waals surface area (Å²) in [7, 11) is 1.69. The zero-order valence-electron chi connectivity index (χ0n) is 10.7. The Morgan fingerprint density at radius 2 is 2.39 bits per heavy atom. The van der Waals surface area contributed by atoms with E-state index in [0.29, 0.717) is 6.04 Å². The summed E-state index contributed by atoms with van der Waals surface area (Å²) < 4.78 is 7.41. The molecule has 4 heteroatoms. The van der Waals surface area contributed by atoms with Gasteiger partial charge in [-0.05, 0) is 31.5 Å². The van der Waals surface area contributed by atoms with Crippen molar-refractivity contribution in [3.63, 3.8) is 0 Å². The number of nitrogens with zero attached hydrogens (tertiary/aromatic N) is 2. The normalized spacial score (nSPS) is 20.2. The van der Waals surface area contributed by atoms with Crippen LogP contribution in [0.2, 0.25) is 0 Å². The third-order valence-corrected chi connectivity index (χ3v) is 3.65. The van der Waals surface area contributed by atoms with E-state index in [0.717, 1.165) is 30.1 Å². The van der Waals surface area contributed by atoms with Crippen molar-refractivity contribution < 1.29 is 4.74 Å². The summed E-state index contributed by atoms with van der Waals surface area (Å²) in [6.45, 7) is 1.14. The summed E-state index contributed by atoms with van der Waals surface area (Å²) in [6.07, 6.45) is 8.80. The van der Waals surface area contributed by atoms with Gasteiger partial charge in [-0.1, -0.05) is 6.42 Å². The van der Waals surface area contributed by atoms with Crippen LogP contribution in [0, 0.1) is 0 Å². The molecule has 2 aromatic heterocycles. The van der Waals surface area contributed by atoms with Crippen molar-refractivity contribution in [2.75, 3.05) is 13.7 Å². The Morgan fingerprint density at radius 1 is 1.44 bits per heavy atom. The van der Waals surface area contributed by atoms with Gasteiger partial charge in [0.25, 0.3) is 0 Å². The predicted molar refractivity (Wildman–Crippen MR) is 71.1 cm³/mol. The van der Waals surface area contributed by atoms with Gasteiger partial charge in [-0.25, -0.2) is 4.98 Å². The second kappa shape index (κ2) is 4.98. The number of piperidine rings is 1. The summed E-state index contributed by atoms with van der Waals surface area (Å²) >= 11 is 0. The molecule has 1 atom stereocenters. The van der Waals surface area contributed by atoms with Crippen LogP contribution in [0.15, 0.2) is 24.5 Å². The number of pyridine rings is 1. The molecule has 96 valence electrons. The zero-order valence-corrected chi connectivity index (χ0v) is 10.7. The summed E-state index contributed by atoms with van der Waals surface area (Å²) in [6, 6.07) is 4.58. The fraction of sp³-hybridized carbons (Fsp3) is 0.500. The van der Waals surface area contributed by atoms with Crippen LogP contribution in [-0.2, 0) is 6.42 Å². The van der Waals surface area contributed by atoms with Crippen molar-refractivity contribution in [1.82, 2.24) is 14.7 Å². The Hall–Kier alpha value is -1.55. The summed E-state index contributed by atoms with van der Waals surface area (Å²) in [5.74, 6) is 1.99. The molecule has 0 radical (unpaired) electrons. The van der Waals surface area contributed by atoms with Crippen molar-refractivity contribution in [3.8, 4) is 5.75 Å². The smallest absolute Gasteiger partial charge is 0.135 e. The van der Waals surface area contributed by atoms with Gasteiger partial charge >= 0.3 is 0 Å². The number of aromatic nitrogens is 2. The average Bonchev–Trinajstić information content (AvgIpc) is 2.82. The highest BCUT2D eigenvalue weighted by molar-refractivity contribution is 5.48. The van der Waals surface area contributed by atoms with E-state index in [1.54, 1.807) is 7.11 Å². The molecule has 1 unspecified atom stereocenters. The molecule has 1 aliphatic heterocycles. The largest absolute Gasteiger partial charge is 0.495 e. The molecule has 0 bridgehead atoms. The van der Waals surface area contributed by atoms with E-state index in [4.69, 9.17) is 4.74 Å². The second-order valence-electron chi connectivity index (χ2n) is 4.89. The van der Waals surface area contributed by atoms with E-state index in [1.165, 1.54) is 19.3 Å². The minimum absolute atomic E-state index is 0.565. The fourth-order valence-corrected chi connectivity index (χ4v) is 2.61. The first kappa shape index (κ1) is 11.5. The molecule has 0 aliphatic carbocycles. The van der Waals surface area contributed by atoms with Gasteiger partial charge < -0.3 is 10.1 Å². The van der Waals surface area contributed by atoms with Gasteiger partial charge in [0, 0.05) is 12.5 Å². The molecule has 1 N–H and O–H groups in total. The first-order valence-corrected chi connectivity index (χ1v) is 6.60. The van der Waals surface area contributed by atoms with E-state index in [2.05, 4.69) is 14.7 Å². The Kier molecular flexibility index (Phi) is 3.19. The van der Waals surface area contributed by atoms with Gasteiger partial charge in [0.05, 0.1) is 25.0 Å². The number of methoxy groups -OCH3 is 1. The maximum atomic E-state index is 5.27. The monoisotopic (exact) mass is 245 g/mol. The van der Waals surface area contributed by atoms with Crippen molar-refractivity contribution in [1.29, 1.82) is 0 Å². The summed E-state index contributed by atoms with van der Waals surface area (Å²) in [5, 5.41) is 3.57. The van der Waals surface area contributed by atoms with E-state index >= 15 is 0 Å². The first-order chi connectivity index (χ1) is 8.86. The topological polar surface area (TPSA) is 38.6 Å². The lowest BCUT2D eigenvalue weighted by atomic mass is 10.0. The lowest BCUT2D eigenvalue weighted by Gasteiger charge is -2.22. The van der Waals surface area contributed by atoms with Crippen molar-refractivity contribution in [2.24, 2.45) is 0 Å². The van der Waals surface area contributed by atoms with Crippen LogP contribution in [0.4, 0.5) is 0 Å². The lowest BCUT2D eigenvalue weighted by Crippen LogP contribution is -2.36. The van der Waals surface area contributed by atoms with E-state index < -0.39 is 0 Å². The van der Waals surface area contributed by atoms with Gasteiger partial charge in [0.2, 0.25) is 0 Å².